The quantitative estimate of drug-likeness (QED) is 0.671. The average molecular weight is 274 g/mol. The second-order valence-electron chi connectivity index (χ2n) is 4.68. The zero-order chi connectivity index (χ0) is 14.7. The van der Waals surface area contributed by atoms with Crippen LogP contribution in [0.1, 0.15) is 24.1 Å². The van der Waals surface area contributed by atoms with Crippen LogP contribution < -0.4 is 5.32 Å². The number of benzene rings is 2. The molecule has 0 radical (unpaired) electrons. The van der Waals surface area contributed by atoms with Crippen molar-refractivity contribution in [3.8, 4) is 0 Å². The molecule has 104 valence electrons. The lowest BCUT2D eigenvalue weighted by Gasteiger charge is -2.16. The number of rotatable bonds is 4. The van der Waals surface area contributed by atoms with Crippen molar-refractivity contribution in [2.45, 2.75) is 19.9 Å². The van der Waals surface area contributed by atoms with Gasteiger partial charge >= 0.3 is 0 Å². The Bertz CT molecular complexity index is 626. The van der Waals surface area contributed by atoms with Crippen LogP contribution in [0.3, 0.4) is 0 Å². The van der Waals surface area contributed by atoms with E-state index >= 15 is 0 Å². The molecule has 0 saturated carbocycles. The smallest absolute Gasteiger partial charge is 0.269 e. The Morgan fingerprint density at radius 3 is 2.40 bits per heavy atom. The summed E-state index contributed by atoms with van der Waals surface area (Å²) < 4.78 is 13.5. The Morgan fingerprint density at radius 2 is 1.85 bits per heavy atom. The van der Waals surface area contributed by atoms with Crippen molar-refractivity contribution in [3.63, 3.8) is 0 Å². The van der Waals surface area contributed by atoms with Crippen molar-refractivity contribution in [2.75, 3.05) is 5.32 Å². The van der Waals surface area contributed by atoms with Crippen molar-refractivity contribution >= 4 is 11.4 Å². The van der Waals surface area contributed by atoms with Gasteiger partial charge in [-0.3, -0.25) is 10.1 Å². The molecule has 2 rings (SSSR count). The molecule has 4 nitrogen and oxygen atoms in total. The van der Waals surface area contributed by atoms with E-state index in [0.29, 0.717) is 5.56 Å². The molecule has 0 bridgehead atoms. The molecular weight excluding hydrogens is 259 g/mol. The van der Waals surface area contributed by atoms with E-state index in [1.54, 1.807) is 25.1 Å². The van der Waals surface area contributed by atoms with Crippen LogP contribution >= 0.6 is 0 Å². The van der Waals surface area contributed by atoms with E-state index < -0.39 is 4.92 Å². The number of non-ortho nitro benzene ring substituents is 1. The monoisotopic (exact) mass is 274 g/mol. The summed E-state index contributed by atoms with van der Waals surface area (Å²) in [6.45, 7) is 3.62. The number of nitrogens with zero attached hydrogens (tertiary/aromatic N) is 1. The number of hydrogen-bond donors (Lipinski definition) is 1. The largest absolute Gasteiger partial charge is 0.379 e. The molecule has 2 aromatic rings. The van der Waals surface area contributed by atoms with E-state index in [1.165, 1.54) is 18.2 Å². The first kappa shape index (κ1) is 14.0. The SMILES string of the molecule is Cc1ccc(C(C)Nc2ccc([N+](=O)[O-])cc2)cc1F. The normalized spacial score (nSPS) is 11.9. The average Bonchev–Trinajstić information content (AvgIpc) is 2.42. The van der Waals surface area contributed by atoms with Gasteiger partial charge in [-0.2, -0.15) is 0 Å². The number of anilines is 1. The molecule has 0 aliphatic carbocycles. The van der Waals surface area contributed by atoms with Crippen molar-refractivity contribution in [3.05, 3.63) is 69.5 Å². The van der Waals surface area contributed by atoms with Gasteiger partial charge < -0.3 is 5.32 Å². The standard InChI is InChI=1S/C15H15FN2O2/c1-10-3-4-12(9-15(10)16)11(2)17-13-5-7-14(8-6-13)18(19)20/h3-9,11,17H,1-2H3. The van der Waals surface area contributed by atoms with Gasteiger partial charge in [-0.15, -0.1) is 0 Å². The summed E-state index contributed by atoms with van der Waals surface area (Å²) in [6.07, 6.45) is 0. The Kier molecular flexibility index (Phi) is 3.98. The Morgan fingerprint density at radius 1 is 1.20 bits per heavy atom. The Balaban J connectivity index is 2.12. The van der Waals surface area contributed by atoms with Crippen LogP contribution in [0.5, 0.6) is 0 Å². The van der Waals surface area contributed by atoms with E-state index in [0.717, 1.165) is 11.3 Å². The molecule has 0 aromatic heterocycles. The second-order valence-corrected chi connectivity index (χ2v) is 4.68. The summed E-state index contributed by atoms with van der Waals surface area (Å²) in [4.78, 5) is 10.1. The number of nitro benzene ring substituents is 1. The molecule has 0 spiro atoms. The minimum atomic E-state index is -0.442. The fourth-order valence-corrected chi connectivity index (χ4v) is 1.89. The summed E-state index contributed by atoms with van der Waals surface area (Å²) >= 11 is 0. The number of nitrogens with one attached hydrogen (secondary N) is 1. The highest BCUT2D eigenvalue weighted by atomic mass is 19.1. The summed E-state index contributed by atoms with van der Waals surface area (Å²) in [7, 11) is 0. The maximum atomic E-state index is 13.5. The van der Waals surface area contributed by atoms with Gasteiger partial charge in [0.05, 0.1) is 4.92 Å². The van der Waals surface area contributed by atoms with E-state index in [-0.39, 0.29) is 17.5 Å². The van der Waals surface area contributed by atoms with Crippen LogP contribution in [-0.2, 0) is 0 Å². The van der Waals surface area contributed by atoms with Gasteiger partial charge in [-0.1, -0.05) is 12.1 Å². The molecule has 1 unspecified atom stereocenters. The molecule has 1 atom stereocenters. The van der Waals surface area contributed by atoms with Crippen molar-refractivity contribution in [1.82, 2.24) is 0 Å². The fraction of sp³-hybridized carbons (Fsp3) is 0.200. The summed E-state index contributed by atoms with van der Waals surface area (Å²) in [5.74, 6) is -0.236. The van der Waals surface area contributed by atoms with Crippen molar-refractivity contribution in [1.29, 1.82) is 0 Å². The summed E-state index contributed by atoms with van der Waals surface area (Å²) in [5.41, 5.74) is 2.23. The zero-order valence-electron chi connectivity index (χ0n) is 11.3. The third kappa shape index (κ3) is 3.12. The molecule has 0 aliphatic heterocycles. The Labute approximate surface area is 116 Å². The number of halogens is 1. The van der Waals surface area contributed by atoms with Gasteiger partial charge in [0, 0.05) is 23.9 Å². The summed E-state index contributed by atoms with van der Waals surface area (Å²) in [6, 6.07) is 11.2. The van der Waals surface area contributed by atoms with Gasteiger partial charge in [0.25, 0.3) is 5.69 Å². The Hall–Kier alpha value is -2.43. The molecule has 5 heteroatoms. The van der Waals surface area contributed by atoms with Gasteiger partial charge in [-0.05, 0) is 43.2 Å². The third-order valence-electron chi connectivity index (χ3n) is 3.16. The first-order valence-corrected chi connectivity index (χ1v) is 6.24. The first-order chi connectivity index (χ1) is 9.47. The minimum Gasteiger partial charge on any atom is -0.379 e. The zero-order valence-corrected chi connectivity index (χ0v) is 11.3. The van der Waals surface area contributed by atoms with Crippen LogP contribution in [0, 0.1) is 22.9 Å². The number of aryl methyl sites for hydroxylation is 1. The first-order valence-electron chi connectivity index (χ1n) is 6.24. The van der Waals surface area contributed by atoms with E-state index in [1.807, 2.05) is 13.0 Å². The van der Waals surface area contributed by atoms with E-state index in [9.17, 15) is 14.5 Å². The molecule has 2 aromatic carbocycles. The molecule has 20 heavy (non-hydrogen) atoms. The summed E-state index contributed by atoms with van der Waals surface area (Å²) in [5, 5.41) is 13.8. The number of nitro groups is 1. The maximum Gasteiger partial charge on any atom is 0.269 e. The lowest BCUT2D eigenvalue weighted by Crippen LogP contribution is -2.07. The lowest BCUT2D eigenvalue weighted by atomic mass is 10.1. The van der Waals surface area contributed by atoms with Gasteiger partial charge in [0.1, 0.15) is 5.82 Å². The predicted molar refractivity (Wildman–Crippen MR) is 76.3 cm³/mol. The van der Waals surface area contributed by atoms with Crippen LogP contribution in [0.15, 0.2) is 42.5 Å². The van der Waals surface area contributed by atoms with Crippen LogP contribution in [-0.4, -0.2) is 4.92 Å². The van der Waals surface area contributed by atoms with Crippen LogP contribution in [0.4, 0.5) is 15.8 Å². The van der Waals surface area contributed by atoms with Gasteiger partial charge in [0.2, 0.25) is 0 Å². The van der Waals surface area contributed by atoms with Gasteiger partial charge in [0.15, 0.2) is 0 Å². The van der Waals surface area contributed by atoms with Crippen molar-refractivity contribution in [2.24, 2.45) is 0 Å². The molecule has 0 saturated heterocycles. The van der Waals surface area contributed by atoms with E-state index in [2.05, 4.69) is 5.32 Å². The van der Waals surface area contributed by atoms with E-state index in [4.69, 9.17) is 0 Å². The molecule has 0 heterocycles. The van der Waals surface area contributed by atoms with Gasteiger partial charge in [-0.25, -0.2) is 4.39 Å². The number of hydrogen-bond acceptors (Lipinski definition) is 3. The predicted octanol–water partition coefficient (Wildman–Crippen LogP) is 4.22. The fourth-order valence-electron chi connectivity index (χ4n) is 1.89. The topological polar surface area (TPSA) is 55.2 Å². The third-order valence-corrected chi connectivity index (χ3v) is 3.16. The van der Waals surface area contributed by atoms with Crippen LogP contribution in [0.2, 0.25) is 0 Å². The minimum absolute atomic E-state index is 0.0459. The molecule has 1 N–H and O–H groups in total. The highest BCUT2D eigenvalue weighted by Gasteiger charge is 2.09. The molecule has 0 fully saturated rings. The highest BCUT2D eigenvalue weighted by Crippen LogP contribution is 2.22. The lowest BCUT2D eigenvalue weighted by molar-refractivity contribution is -0.384. The molecule has 0 aliphatic rings. The molecule has 0 amide bonds. The molecular formula is C15H15FN2O2. The second kappa shape index (κ2) is 5.69. The maximum absolute atomic E-state index is 13.5. The van der Waals surface area contributed by atoms with Crippen molar-refractivity contribution < 1.29 is 9.31 Å². The van der Waals surface area contributed by atoms with Crippen LogP contribution in [0.25, 0.3) is 0 Å². The highest BCUT2D eigenvalue weighted by molar-refractivity contribution is 5.50.